The molecule has 0 aliphatic rings. The Hall–Kier alpha value is -3.13. The van der Waals surface area contributed by atoms with Crippen molar-refractivity contribution in [3.05, 3.63) is 89.2 Å². The maximum Gasteiger partial charge on any atom is 0.419 e. The number of aromatic nitrogens is 2. The standard InChI is InChI=1S/C25H23F3N2O2S/c1-16(2)33(31,32)21-10-5-8-19(15-21)13-18-7-4-9-20(14-18)23-17(3)29-24-22(25(26,27)28)11-6-12-30(23)24/h4-12,14-16H,13H2,1-3H3. The zero-order chi connectivity index (χ0) is 24.0. The van der Waals surface area contributed by atoms with Crippen LogP contribution < -0.4 is 0 Å². The van der Waals surface area contributed by atoms with Crippen LogP contribution in [0.25, 0.3) is 16.9 Å². The van der Waals surface area contributed by atoms with Crippen LogP contribution in [0.5, 0.6) is 0 Å². The summed E-state index contributed by atoms with van der Waals surface area (Å²) in [5.74, 6) is 0. The lowest BCUT2D eigenvalue weighted by Crippen LogP contribution is -2.14. The smallest absolute Gasteiger partial charge is 0.299 e. The average molecular weight is 473 g/mol. The van der Waals surface area contributed by atoms with E-state index < -0.39 is 26.8 Å². The van der Waals surface area contributed by atoms with Gasteiger partial charge in [0.25, 0.3) is 0 Å². The molecule has 4 aromatic rings. The zero-order valence-corrected chi connectivity index (χ0v) is 19.2. The molecular formula is C25H23F3N2O2S. The largest absolute Gasteiger partial charge is 0.419 e. The van der Waals surface area contributed by atoms with Gasteiger partial charge >= 0.3 is 6.18 Å². The molecule has 0 saturated heterocycles. The highest BCUT2D eigenvalue weighted by atomic mass is 32.2. The number of rotatable bonds is 5. The number of aryl methyl sites for hydroxylation is 1. The van der Waals surface area contributed by atoms with E-state index in [1.54, 1.807) is 45.2 Å². The first-order valence-corrected chi connectivity index (χ1v) is 12.0. The molecule has 33 heavy (non-hydrogen) atoms. The maximum absolute atomic E-state index is 13.4. The second-order valence-electron chi connectivity index (χ2n) is 8.28. The molecule has 172 valence electrons. The van der Waals surface area contributed by atoms with Gasteiger partial charge in [-0.2, -0.15) is 13.2 Å². The molecule has 0 N–H and O–H groups in total. The topological polar surface area (TPSA) is 51.4 Å². The van der Waals surface area contributed by atoms with E-state index in [2.05, 4.69) is 4.98 Å². The molecule has 0 fully saturated rings. The van der Waals surface area contributed by atoms with Crippen molar-refractivity contribution in [2.75, 3.05) is 0 Å². The van der Waals surface area contributed by atoms with Crippen LogP contribution in [0.4, 0.5) is 13.2 Å². The number of nitrogens with zero attached hydrogens (tertiary/aromatic N) is 2. The third kappa shape index (κ3) is 4.39. The van der Waals surface area contributed by atoms with Crippen molar-refractivity contribution in [2.24, 2.45) is 0 Å². The second-order valence-corrected chi connectivity index (χ2v) is 10.8. The van der Waals surface area contributed by atoms with Gasteiger partial charge in [0.15, 0.2) is 9.84 Å². The number of benzene rings is 2. The molecule has 0 radical (unpaired) electrons. The summed E-state index contributed by atoms with van der Waals surface area (Å²) in [6, 6.07) is 16.7. The molecule has 4 rings (SSSR count). The summed E-state index contributed by atoms with van der Waals surface area (Å²) >= 11 is 0. The Kier molecular flexibility index (Phi) is 5.82. The third-order valence-corrected chi connectivity index (χ3v) is 7.74. The van der Waals surface area contributed by atoms with Crippen molar-refractivity contribution in [1.29, 1.82) is 0 Å². The SMILES string of the molecule is Cc1nc2c(C(F)(F)F)cccn2c1-c1cccc(Cc2cccc(S(=O)(=O)C(C)C)c2)c1. The van der Waals surface area contributed by atoms with E-state index in [1.165, 1.54) is 10.5 Å². The van der Waals surface area contributed by atoms with Gasteiger partial charge in [-0.25, -0.2) is 13.4 Å². The number of sulfone groups is 1. The van der Waals surface area contributed by atoms with Crippen molar-refractivity contribution in [3.8, 4) is 11.3 Å². The van der Waals surface area contributed by atoms with Gasteiger partial charge in [0.1, 0.15) is 5.65 Å². The Morgan fingerprint density at radius 2 is 1.64 bits per heavy atom. The highest BCUT2D eigenvalue weighted by Gasteiger charge is 2.34. The Bertz CT molecular complexity index is 1440. The molecule has 0 atom stereocenters. The zero-order valence-electron chi connectivity index (χ0n) is 18.4. The Morgan fingerprint density at radius 3 is 2.30 bits per heavy atom. The second kappa shape index (κ2) is 8.33. The Balaban J connectivity index is 1.74. The number of pyridine rings is 1. The molecule has 8 heteroatoms. The van der Waals surface area contributed by atoms with Crippen LogP contribution >= 0.6 is 0 Å². The Morgan fingerprint density at radius 1 is 0.970 bits per heavy atom. The maximum atomic E-state index is 13.4. The molecule has 0 spiro atoms. The van der Waals surface area contributed by atoms with E-state index in [9.17, 15) is 21.6 Å². The van der Waals surface area contributed by atoms with E-state index in [4.69, 9.17) is 0 Å². The molecule has 4 nitrogen and oxygen atoms in total. The quantitative estimate of drug-likeness (QED) is 0.353. The molecule has 2 heterocycles. The lowest BCUT2D eigenvalue weighted by atomic mass is 10.0. The van der Waals surface area contributed by atoms with Crippen LogP contribution in [0.15, 0.2) is 71.8 Å². The number of fused-ring (bicyclic) bond motifs is 1. The minimum Gasteiger partial charge on any atom is -0.299 e. The molecule has 0 amide bonds. The van der Waals surface area contributed by atoms with E-state index in [1.807, 2.05) is 30.3 Å². The Labute approximate surface area is 190 Å². The predicted octanol–water partition coefficient (Wildman–Crippen LogP) is 6.10. The predicted molar refractivity (Wildman–Crippen MR) is 122 cm³/mol. The minimum absolute atomic E-state index is 0.130. The highest BCUT2D eigenvalue weighted by molar-refractivity contribution is 7.92. The lowest BCUT2D eigenvalue weighted by Gasteiger charge is -2.11. The number of hydrogen-bond acceptors (Lipinski definition) is 3. The molecule has 0 saturated carbocycles. The first-order valence-electron chi connectivity index (χ1n) is 10.5. The summed E-state index contributed by atoms with van der Waals surface area (Å²) in [6.45, 7) is 4.98. The molecule has 0 aliphatic heterocycles. The molecule has 0 unspecified atom stereocenters. The number of imidazole rings is 1. The number of alkyl halides is 3. The fraction of sp³-hybridized carbons (Fsp3) is 0.240. The molecule has 0 aliphatic carbocycles. The normalized spacial score (nSPS) is 12.6. The van der Waals surface area contributed by atoms with Gasteiger partial charge in [-0.1, -0.05) is 30.3 Å². The monoisotopic (exact) mass is 472 g/mol. The van der Waals surface area contributed by atoms with Crippen LogP contribution in [-0.2, 0) is 22.4 Å². The number of halogens is 3. The van der Waals surface area contributed by atoms with Crippen LogP contribution in [0.1, 0.15) is 36.2 Å². The van der Waals surface area contributed by atoms with Crippen molar-refractivity contribution in [1.82, 2.24) is 9.38 Å². The van der Waals surface area contributed by atoms with Crippen molar-refractivity contribution in [2.45, 2.75) is 43.5 Å². The summed E-state index contributed by atoms with van der Waals surface area (Å²) in [7, 11) is -3.38. The van der Waals surface area contributed by atoms with Crippen LogP contribution in [-0.4, -0.2) is 23.1 Å². The molecular weight excluding hydrogens is 449 g/mol. The summed E-state index contributed by atoms with van der Waals surface area (Å²) in [4.78, 5) is 4.48. The van der Waals surface area contributed by atoms with E-state index in [0.29, 0.717) is 17.8 Å². The van der Waals surface area contributed by atoms with Crippen LogP contribution in [0.3, 0.4) is 0 Å². The first kappa shape index (κ1) is 23.0. The van der Waals surface area contributed by atoms with Crippen LogP contribution in [0.2, 0.25) is 0 Å². The van der Waals surface area contributed by atoms with Gasteiger partial charge in [-0.3, -0.25) is 4.40 Å². The molecule has 2 aromatic heterocycles. The van der Waals surface area contributed by atoms with Gasteiger partial charge in [0.2, 0.25) is 0 Å². The van der Waals surface area contributed by atoms with Crippen LogP contribution in [0, 0.1) is 6.92 Å². The highest BCUT2D eigenvalue weighted by Crippen LogP contribution is 2.35. The molecule has 0 bridgehead atoms. The van der Waals surface area contributed by atoms with Crippen molar-refractivity contribution < 1.29 is 21.6 Å². The van der Waals surface area contributed by atoms with Gasteiger partial charge in [-0.15, -0.1) is 0 Å². The molecule has 2 aromatic carbocycles. The fourth-order valence-electron chi connectivity index (χ4n) is 3.92. The van der Waals surface area contributed by atoms with Gasteiger partial charge in [-0.05, 0) is 68.7 Å². The van der Waals surface area contributed by atoms with E-state index in [0.717, 1.165) is 22.8 Å². The summed E-state index contributed by atoms with van der Waals surface area (Å²) in [5, 5.41) is -0.518. The summed E-state index contributed by atoms with van der Waals surface area (Å²) < 4.78 is 66.8. The summed E-state index contributed by atoms with van der Waals surface area (Å²) in [6.07, 6.45) is -2.44. The van der Waals surface area contributed by atoms with Gasteiger partial charge < -0.3 is 0 Å². The summed E-state index contributed by atoms with van der Waals surface area (Å²) in [5.41, 5.74) is 2.66. The van der Waals surface area contributed by atoms with Gasteiger partial charge in [0.05, 0.1) is 27.1 Å². The number of hydrogen-bond donors (Lipinski definition) is 0. The first-order chi connectivity index (χ1) is 15.5. The third-order valence-electron chi connectivity index (χ3n) is 5.59. The van der Waals surface area contributed by atoms with Crippen molar-refractivity contribution in [3.63, 3.8) is 0 Å². The fourth-order valence-corrected chi connectivity index (χ4v) is 5.05. The van der Waals surface area contributed by atoms with Gasteiger partial charge in [0, 0.05) is 11.8 Å². The van der Waals surface area contributed by atoms with E-state index >= 15 is 0 Å². The van der Waals surface area contributed by atoms with E-state index in [-0.39, 0.29) is 10.5 Å². The van der Waals surface area contributed by atoms with Crippen molar-refractivity contribution >= 4 is 15.5 Å². The lowest BCUT2D eigenvalue weighted by molar-refractivity contribution is -0.136. The minimum atomic E-state index is -4.50. The average Bonchev–Trinajstić information content (AvgIpc) is 3.09.